The van der Waals surface area contributed by atoms with Crippen LogP contribution in [0.1, 0.15) is 20.8 Å². The first kappa shape index (κ1) is 12.5. The molecule has 0 amide bonds. The number of carboxylic acid groups (broad SMARTS) is 1. The van der Waals surface area contributed by atoms with E-state index in [4.69, 9.17) is 5.11 Å². The van der Waals surface area contributed by atoms with Crippen molar-refractivity contribution in [3.8, 4) is 0 Å². The summed E-state index contributed by atoms with van der Waals surface area (Å²) in [5.74, 6) is -1.26. The van der Waals surface area contributed by atoms with Gasteiger partial charge in [0.1, 0.15) is 11.9 Å². The van der Waals surface area contributed by atoms with Crippen LogP contribution in [0.2, 0.25) is 0 Å². The second-order valence-electron chi connectivity index (χ2n) is 4.79. The molecule has 88 valence electrons. The first-order valence-electron chi connectivity index (χ1n) is 5.05. The molecule has 0 aliphatic carbocycles. The van der Waals surface area contributed by atoms with Gasteiger partial charge in [0.05, 0.1) is 0 Å². The number of carboxylic acids is 1. The van der Waals surface area contributed by atoms with E-state index >= 15 is 0 Å². The standard InChI is InChI=1S/C12H16FNO2/c1-12(2,3)10(11(15)16)14-9-6-4-8(13)5-7-9/h4-7,10,14H,1-3H3,(H,15,16). The molecule has 1 rings (SSSR count). The van der Waals surface area contributed by atoms with Crippen LogP contribution in [-0.4, -0.2) is 17.1 Å². The van der Waals surface area contributed by atoms with Gasteiger partial charge in [0.2, 0.25) is 0 Å². The zero-order chi connectivity index (χ0) is 12.3. The summed E-state index contributed by atoms with van der Waals surface area (Å²) in [5.41, 5.74) is 0.184. The summed E-state index contributed by atoms with van der Waals surface area (Å²) in [6, 6.07) is 4.93. The molecule has 0 fully saturated rings. The third kappa shape index (κ3) is 3.22. The molecule has 0 aliphatic rings. The number of hydrogen-bond donors (Lipinski definition) is 2. The highest BCUT2D eigenvalue weighted by atomic mass is 19.1. The zero-order valence-electron chi connectivity index (χ0n) is 9.62. The molecule has 0 bridgehead atoms. The molecule has 0 spiro atoms. The minimum atomic E-state index is -0.920. The average molecular weight is 225 g/mol. The van der Waals surface area contributed by atoms with Crippen molar-refractivity contribution in [2.75, 3.05) is 5.32 Å². The summed E-state index contributed by atoms with van der Waals surface area (Å²) in [4.78, 5) is 11.1. The number of nitrogens with one attached hydrogen (secondary N) is 1. The van der Waals surface area contributed by atoms with Crippen LogP contribution in [0.5, 0.6) is 0 Å². The van der Waals surface area contributed by atoms with Gasteiger partial charge < -0.3 is 10.4 Å². The quantitative estimate of drug-likeness (QED) is 0.831. The molecule has 0 aliphatic heterocycles. The molecule has 1 aromatic carbocycles. The maximum absolute atomic E-state index is 12.7. The Bertz CT molecular complexity index is 368. The molecule has 1 unspecified atom stereocenters. The van der Waals surface area contributed by atoms with Crippen molar-refractivity contribution in [3.05, 3.63) is 30.1 Å². The van der Waals surface area contributed by atoms with E-state index in [1.165, 1.54) is 24.3 Å². The van der Waals surface area contributed by atoms with Gasteiger partial charge in [-0.1, -0.05) is 20.8 Å². The highest BCUT2D eigenvalue weighted by molar-refractivity contribution is 5.78. The van der Waals surface area contributed by atoms with Crippen LogP contribution in [0.4, 0.5) is 10.1 Å². The lowest BCUT2D eigenvalue weighted by Crippen LogP contribution is -2.41. The van der Waals surface area contributed by atoms with Crippen molar-refractivity contribution in [2.45, 2.75) is 26.8 Å². The van der Waals surface area contributed by atoms with Crippen LogP contribution in [0.15, 0.2) is 24.3 Å². The zero-order valence-corrected chi connectivity index (χ0v) is 9.62. The van der Waals surface area contributed by atoms with Gasteiger partial charge in [-0.2, -0.15) is 0 Å². The molecule has 0 heterocycles. The topological polar surface area (TPSA) is 49.3 Å². The number of rotatable bonds is 3. The van der Waals surface area contributed by atoms with Crippen molar-refractivity contribution in [1.29, 1.82) is 0 Å². The minimum Gasteiger partial charge on any atom is -0.480 e. The van der Waals surface area contributed by atoms with E-state index in [1.807, 2.05) is 20.8 Å². The molecule has 0 radical (unpaired) electrons. The summed E-state index contributed by atoms with van der Waals surface area (Å²) < 4.78 is 12.7. The van der Waals surface area contributed by atoms with Crippen molar-refractivity contribution >= 4 is 11.7 Å². The van der Waals surface area contributed by atoms with Crippen LogP contribution >= 0.6 is 0 Å². The normalized spacial score (nSPS) is 13.2. The molecule has 2 N–H and O–H groups in total. The number of benzene rings is 1. The smallest absolute Gasteiger partial charge is 0.326 e. The van der Waals surface area contributed by atoms with Crippen LogP contribution in [0.3, 0.4) is 0 Å². The molecular weight excluding hydrogens is 209 g/mol. The Morgan fingerprint density at radius 1 is 1.31 bits per heavy atom. The first-order chi connectivity index (χ1) is 7.30. The predicted molar refractivity (Wildman–Crippen MR) is 60.9 cm³/mol. The van der Waals surface area contributed by atoms with Crippen LogP contribution < -0.4 is 5.32 Å². The van der Waals surface area contributed by atoms with Crippen molar-refractivity contribution in [1.82, 2.24) is 0 Å². The maximum Gasteiger partial charge on any atom is 0.326 e. The Balaban J connectivity index is 2.84. The number of halogens is 1. The van der Waals surface area contributed by atoms with Gasteiger partial charge in [-0.15, -0.1) is 0 Å². The maximum atomic E-state index is 12.7. The van der Waals surface area contributed by atoms with E-state index in [2.05, 4.69) is 5.32 Å². The second-order valence-corrected chi connectivity index (χ2v) is 4.79. The van der Waals surface area contributed by atoms with E-state index < -0.39 is 17.4 Å². The van der Waals surface area contributed by atoms with Crippen molar-refractivity contribution in [3.63, 3.8) is 0 Å². The largest absolute Gasteiger partial charge is 0.480 e. The molecule has 0 saturated heterocycles. The molecule has 1 atom stereocenters. The molecule has 4 heteroatoms. The molecule has 1 aromatic rings. The summed E-state index contributed by atoms with van der Waals surface area (Å²) in [5, 5.41) is 12.0. The fourth-order valence-corrected chi connectivity index (χ4v) is 1.36. The summed E-state index contributed by atoms with van der Waals surface area (Å²) >= 11 is 0. The fraction of sp³-hybridized carbons (Fsp3) is 0.417. The van der Waals surface area contributed by atoms with Crippen LogP contribution in [0.25, 0.3) is 0 Å². The lowest BCUT2D eigenvalue weighted by atomic mass is 9.86. The highest BCUT2D eigenvalue weighted by Crippen LogP contribution is 2.23. The van der Waals surface area contributed by atoms with E-state index in [1.54, 1.807) is 0 Å². The molecular formula is C12H16FNO2. The van der Waals surface area contributed by atoms with Gasteiger partial charge in [0.25, 0.3) is 0 Å². The Morgan fingerprint density at radius 3 is 2.19 bits per heavy atom. The van der Waals surface area contributed by atoms with Gasteiger partial charge in [0, 0.05) is 5.69 Å². The lowest BCUT2D eigenvalue weighted by Gasteiger charge is -2.28. The number of aliphatic carboxylic acids is 1. The van der Waals surface area contributed by atoms with Gasteiger partial charge in [-0.05, 0) is 29.7 Å². The average Bonchev–Trinajstić information content (AvgIpc) is 2.14. The van der Waals surface area contributed by atoms with Crippen LogP contribution in [-0.2, 0) is 4.79 Å². The molecule has 3 nitrogen and oxygen atoms in total. The van der Waals surface area contributed by atoms with Gasteiger partial charge >= 0.3 is 5.97 Å². The minimum absolute atomic E-state index is 0.340. The molecule has 0 aromatic heterocycles. The summed E-state index contributed by atoms with van der Waals surface area (Å²) in [6.07, 6.45) is 0. The highest BCUT2D eigenvalue weighted by Gasteiger charge is 2.30. The third-order valence-corrected chi connectivity index (χ3v) is 2.27. The number of carbonyl (C=O) groups is 1. The van der Waals surface area contributed by atoms with E-state index in [0.717, 1.165) is 0 Å². The van der Waals surface area contributed by atoms with Crippen LogP contribution in [0, 0.1) is 11.2 Å². The number of anilines is 1. The van der Waals surface area contributed by atoms with E-state index in [0.29, 0.717) is 5.69 Å². The fourth-order valence-electron chi connectivity index (χ4n) is 1.36. The Kier molecular flexibility index (Phi) is 3.52. The SMILES string of the molecule is CC(C)(C)C(Nc1ccc(F)cc1)C(=O)O. The summed E-state index contributed by atoms with van der Waals surface area (Å²) in [6.45, 7) is 5.51. The molecule has 0 saturated carbocycles. The Hall–Kier alpha value is -1.58. The lowest BCUT2D eigenvalue weighted by molar-refractivity contribution is -0.140. The molecule has 16 heavy (non-hydrogen) atoms. The first-order valence-corrected chi connectivity index (χ1v) is 5.05. The van der Waals surface area contributed by atoms with Crippen molar-refractivity contribution < 1.29 is 14.3 Å². The van der Waals surface area contributed by atoms with Gasteiger partial charge in [-0.25, -0.2) is 9.18 Å². The summed E-state index contributed by atoms with van der Waals surface area (Å²) in [7, 11) is 0. The number of hydrogen-bond acceptors (Lipinski definition) is 2. The van der Waals surface area contributed by atoms with E-state index in [-0.39, 0.29) is 5.82 Å². The third-order valence-electron chi connectivity index (χ3n) is 2.27. The monoisotopic (exact) mass is 225 g/mol. The second kappa shape index (κ2) is 4.51. The Morgan fingerprint density at radius 2 is 1.81 bits per heavy atom. The van der Waals surface area contributed by atoms with Crippen molar-refractivity contribution in [2.24, 2.45) is 5.41 Å². The van der Waals surface area contributed by atoms with Gasteiger partial charge in [-0.3, -0.25) is 0 Å². The predicted octanol–water partition coefficient (Wildman–Crippen LogP) is 2.74. The Labute approximate surface area is 94.3 Å². The van der Waals surface area contributed by atoms with E-state index in [9.17, 15) is 9.18 Å². The van der Waals surface area contributed by atoms with Gasteiger partial charge in [0.15, 0.2) is 0 Å².